The van der Waals surface area contributed by atoms with Crippen LogP contribution in [0.3, 0.4) is 0 Å². The van der Waals surface area contributed by atoms with Crippen molar-refractivity contribution in [3.63, 3.8) is 0 Å². The molecule has 2 bridgehead atoms. The van der Waals surface area contributed by atoms with Crippen molar-refractivity contribution in [1.29, 1.82) is 0 Å². The van der Waals surface area contributed by atoms with E-state index in [1.165, 1.54) is 5.56 Å². The molecule has 0 heterocycles. The van der Waals surface area contributed by atoms with Crippen molar-refractivity contribution >= 4 is 11.8 Å². The number of carbonyl (C=O) groups is 2. The fourth-order valence-electron chi connectivity index (χ4n) is 5.07. The first-order valence-electron chi connectivity index (χ1n) is 8.95. The summed E-state index contributed by atoms with van der Waals surface area (Å²) in [7, 11) is 0. The molecular formula is C22H22O3. The Balaban J connectivity index is 1.64. The van der Waals surface area contributed by atoms with Crippen molar-refractivity contribution in [2.24, 2.45) is 23.7 Å². The van der Waals surface area contributed by atoms with E-state index in [0.717, 1.165) is 18.4 Å². The van der Waals surface area contributed by atoms with E-state index in [-0.39, 0.29) is 29.5 Å². The molecule has 25 heavy (non-hydrogen) atoms. The smallest absolute Gasteiger partial charge is 0.307 e. The molecule has 2 aliphatic rings. The molecule has 0 spiro atoms. The van der Waals surface area contributed by atoms with Gasteiger partial charge in [0, 0.05) is 11.5 Å². The lowest BCUT2D eigenvalue weighted by Crippen LogP contribution is -2.37. The van der Waals surface area contributed by atoms with Gasteiger partial charge in [-0.3, -0.25) is 9.59 Å². The molecule has 0 saturated heterocycles. The van der Waals surface area contributed by atoms with Crippen molar-refractivity contribution in [1.82, 2.24) is 0 Å². The van der Waals surface area contributed by atoms with Crippen LogP contribution in [-0.2, 0) is 4.79 Å². The second-order valence-electron chi connectivity index (χ2n) is 7.53. The molecule has 0 unspecified atom stereocenters. The summed E-state index contributed by atoms with van der Waals surface area (Å²) in [5.41, 5.74) is 2.96. The maximum absolute atomic E-state index is 13.0. The van der Waals surface area contributed by atoms with Gasteiger partial charge in [-0.1, -0.05) is 60.2 Å². The van der Waals surface area contributed by atoms with Crippen LogP contribution >= 0.6 is 0 Å². The molecule has 4 rings (SSSR count). The number of rotatable bonds is 4. The molecule has 0 radical (unpaired) electrons. The van der Waals surface area contributed by atoms with Gasteiger partial charge < -0.3 is 5.11 Å². The molecule has 3 nitrogen and oxygen atoms in total. The maximum atomic E-state index is 13.0. The van der Waals surface area contributed by atoms with Gasteiger partial charge in [0.2, 0.25) is 0 Å². The Morgan fingerprint density at radius 2 is 1.60 bits per heavy atom. The number of hydrogen-bond donors (Lipinski definition) is 1. The minimum absolute atomic E-state index is 0.00594. The Morgan fingerprint density at radius 1 is 0.920 bits per heavy atom. The molecule has 5 atom stereocenters. The van der Waals surface area contributed by atoms with Crippen molar-refractivity contribution < 1.29 is 14.7 Å². The van der Waals surface area contributed by atoms with Crippen LogP contribution < -0.4 is 0 Å². The summed E-state index contributed by atoms with van der Waals surface area (Å²) in [4.78, 5) is 25.1. The summed E-state index contributed by atoms with van der Waals surface area (Å²) in [5, 5.41) is 9.86. The van der Waals surface area contributed by atoms with Gasteiger partial charge in [0.15, 0.2) is 5.78 Å². The Kier molecular flexibility index (Phi) is 3.95. The molecule has 2 aliphatic carbocycles. The number of hydrogen-bond acceptors (Lipinski definition) is 2. The second-order valence-corrected chi connectivity index (χ2v) is 7.53. The van der Waals surface area contributed by atoms with Crippen LogP contribution in [0.1, 0.15) is 40.2 Å². The number of aryl methyl sites for hydroxylation is 1. The minimum Gasteiger partial charge on any atom is -0.481 e. The Bertz CT molecular complexity index is 794. The van der Waals surface area contributed by atoms with Crippen LogP contribution in [0.25, 0.3) is 0 Å². The normalized spacial score (nSPS) is 30.4. The van der Waals surface area contributed by atoms with Gasteiger partial charge in [-0.15, -0.1) is 0 Å². The van der Waals surface area contributed by atoms with Gasteiger partial charge in [-0.25, -0.2) is 0 Å². The number of fused-ring (bicyclic) bond motifs is 2. The molecule has 2 aromatic carbocycles. The van der Waals surface area contributed by atoms with Crippen LogP contribution in [0.4, 0.5) is 0 Å². The number of carboxylic acid groups (broad SMARTS) is 1. The molecule has 1 N–H and O–H groups in total. The zero-order valence-corrected chi connectivity index (χ0v) is 14.3. The van der Waals surface area contributed by atoms with Crippen molar-refractivity contribution in [2.45, 2.75) is 25.7 Å². The number of carbonyl (C=O) groups excluding carboxylic acids is 1. The third-order valence-electron chi connectivity index (χ3n) is 6.16. The molecular weight excluding hydrogens is 312 g/mol. The van der Waals surface area contributed by atoms with E-state index in [0.29, 0.717) is 5.56 Å². The molecule has 2 aromatic rings. The van der Waals surface area contributed by atoms with Crippen molar-refractivity contribution in [2.75, 3.05) is 0 Å². The lowest BCUT2D eigenvalue weighted by atomic mass is 9.69. The molecule has 128 valence electrons. The lowest BCUT2D eigenvalue weighted by Gasteiger charge is -2.33. The molecule has 0 aromatic heterocycles. The average molecular weight is 334 g/mol. The van der Waals surface area contributed by atoms with E-state index < -0.39 is 11.9 Å². The summed E-state index contributed by atoms with van der Waals surface area (Å²) in [6, 6.07) is 17.7. The van der Waals surface area contributed by atoms with Gasteiger partial charge in [0.1, 0.15) is 0 Å². The third kappa shape index (κ3) is 2.68. The average Bonchev–Trinajstić information content (AvgIpc) is 3.21. The summed E-state index contributed by atoms with van der Waals surface area (Å²) in [5.74, 6) is -1.28. The van der Waals surface area contributed by atoms with Crippen molar-refractivity contribution in [3.05, 3.63) is 71.3 Å². The number of aliphatic carboxylic acids is 1. The molecule has 2 saturated carbocycles. The number of carboxylic acids is 1. The van der Waals surface area contributed by atoms with E-state index in [9.17, 15) is 14.7 Å². The fourth-order valence-corrected chi connectivity index (χ4v) is 5.07. The summed E-state index contributed by atoms with van der Waals surface area (Å²) in [6.07, 6.45) is 1.76. The van der Waals surface area contributed by atoms with Crippen LogP contribution in [0, 0.1) is 30.6 Å². The first-order valence-corrected chi connectivity index (χ1v) is 8.95. The SMILES string of the molecule is Cc1ccc(C(=O)[C@H]2[C@H]3C[C@@H]([C@@H]2C(=O)O)[C@H](c2ccccc2)C3)cc1. The highest BCUT2D eigenvalue weighted by atomic mass is 16.4. The fraction of sp³-hybridized carbons (Fsp3) is 0.364. The van der Waals surface area contributed by atoms with E-state index in [1.807, 2.05) is 49.4 Å². The summed E-state index contributed by atoms with van der Waals surface area (Å²) < 4.78 is 0. The summed E-state index contributed by atoms with van der Waals surface area (Å²) in [6.45, 7) is 1.98. The number of ketones is 1. The van der Waals surface area contributed by atoms with Crippen LogP contribution in [-0.4, -0.2) is 16.9 Å². The topological polar surface area (TPSA) is 54.4 Å². The van der Waals surface area contributed by atoms with E-state index >= 15 is 0 Å². The molecule has 3 heteroatoms. The first-order chi connectivity index (χ1) is 12.1. The zero-order valence-electron chi connectivity index (χ0n) is 14.3. The first kappa shape index (κ1) is 16.1. The number of benzene rings is 2. The van der Waals surface area contributed by atoms with Gasteiger partial charge in [0.05, 0.1) is 5.92 Å². The monoisotopic (exact) mass is 334 g/mol. The Labute approximate surface area is 147 Å². The maximum Gasteiger partial charge on any atom is 0.307 e. The lowest BCUT2D eigenvalue weighted by molar-refractivity contribution is -0.145. The van der Waals surface area contributed by atoms with Crippen molar-refractivity contribution in [3.8, 4) is 0 Å². The number of Topliss-reactive ketones (excluding diaryl/α,β-unsaturated/α-hetero) is 1. The highest BCUT2D eigenvalue weighted by Crippen LogP contribution is 2.59. The van der Waals surface area contributed by atoms with Gasteiger partial charge in [-0.2, -0.15) is 0 Å². The minimum atomic E-state index is -0.821. The zero-order chi connectivity index (χ0) is 17.6. The highest BCUT2D eigenvalue weighted by Gasteiger charge is 2.58. The largest absolute Gasteiger partial charge is 0.481 e. The standard InChI is InChI=1S/C22H22O3/c1-13-7-9-15(10-8-13)21(23)19-16-11-17(14-5-3-2-4-6-14)18(12-16)20(19)22(24)25/h2-10,16-20H,11-12H2,1H3,(H,24,25)/t16-,17+,18-,19+,20+/m1/s1. The third-order valence-corrected chi connectivity index (χ3v) is 6.16. The van der Waals surface area contributed by atoms with Gasteiger partial charge >= 0.3 is 5.97 Å². The van der Waals surface area contributed by atoms with E-state index in [2.05, 4.69) is 12.1 Å². The van der Waals surface area contributed by atoms with Crippen LogP contribution in [0.5, 0.6) is 0 Å². The Hall–Kier alpha value is -2.42. The van der Waals surface area contributed by atoms with Crippen LogP contribution in [0.15, 0.2) is 54.6 Å². The predicted molar refractivity (Wildman–Crippen MR) is 95.5 cm³/mol. The van der Waals surface area contributed by atoms with Gasteiger partial charge in [0.25, 0.3) is 0 Å². The molecule has 0 aliphatic heterocycles. The summed E-state index contributed by atoms with van der Waals surface area (Å²) >= 11 is 0. The van der Waals surface area contributed by atoms with Gasteiger partial charge in [-0.05, 0) is 43.1 Å². The molecule has 2 fully saturated rings. The predicted octanol–water partition coefficient (Wildman–Crippen LogP) is 4.32. The highest BCUT2D eigenvalue weighted by molar-refractivity contribution is 6.00. The van der Waals surface area contributed by atoms with E-state index in [4.69, 9.17) is 0 Å². The molecule has 0 amide bonds. The van der Waals surface area contributed by atoms with Crippen LogP contribution in [0.2, 0.25) is 0 Å². The quantitative estimate of drug-likeness (QED) is 0.847. The Morgan fingerprint density at radius 3 is 2.24 bits per heavy atom. The van der Waals surface area contributed by atoms with E-state index in [1.54, 1.807) is 0 Å². The second kappa shape index (κ2) is 6.14.